The van der Waals surface area contributed by atoms with E-state index in [9.17, 15) is 9.18 Å². The fourth-order valence-electron chi connectivity index (χ4n) is 2.29. The van der Waals surface area contributed by atoms with Gasteiger partial charge in [-0.2, -0.15) is 0 Å². The molecule has 0 radical (unpaired) electrons. The number of carbonyl (C=O) groups excluding carboxylic acids is 1. The summed E-state index contributed by atoms with van der Waals surface area (Å²) in [6, 6.07) is 9.89. The van der Waals surface area contributed by atoms with Crippen molar-refractivity contribution in [1.29, 1.82) is 0 Å². The van der Waals surface area contributed by atoms with Gasteiger partial charge in [0.05, 0.1) is 0 Å². The molecule has 0 saturated heterocycles. The standard InChI is InChI=1S/C18H19ClFNO2/c1-12-10-16(19)15(11-17(12)20)13-4-6-14(7-5-13)18(23)21(2)8-3-9-22/h4-7,10-11,22H,3,8-9H2,1-2H3. The van der Waals surface area contributed by atoms with Crippen molar-refractivity contribution in [3.05, 3.63) is 58.4 Å². The topological polar surface area (TPSA) is 40.5 Å². The summed E-state index contributed by atoms with van der Waals surface area (Å²) in [5, 5.41) is 9.29. The van der Waals surface area contributed by atoms with Gasteiger partial charge in [0.2, 0.25) is 0 Å². The fourth-order valence-corrected chi connectivity index (χ4v) is 2.62. The molecule has 0 fully saturated rings. The minimum atomic E-state index is -0.312. The Balaban J connectivity index is 2.23. The molecule has 0 bridgehead atoms. The molecule has 2 aromatic rings. The van der Waals surface area contributed by atoms with E-state index < -0.39 is 0 Å². The van der Waals surface area contributed by atoms with Gasteiger partial charge in [-0.15, -0.1) is 0 Å². The summed E-state index contributed by atoms with van der Waals surface area (Å²) in [7, 11) is 1.69. The summed E-state index contributed by atoms with van der Waals surface area (Å²) in [5.41, 5.74) is 2.39. The summed E-state index contributed by atoms with van der Waals surface area (Å²) in [6.07, 6.45) is 0.540. The van der Waals surface area contributed by atoms with Crippen molar-refractivity contribution < 1.29 is 14.3 Å². The van der Waals surface area contributed by atoms with E-state index in [2.05, 4.69) is 0 Å². The number of aliphatic hydroxyl groups excluding tert-OH is 1. The largest absolute Gasteiger partial charge is 0.396 e. The number of benzene rings is 2. The second-order valence-corrected chi connectivity index (χ2v) is 5.87. The van der Waals surface area contributed by atoms with Crippen molar-refractivity contribution in [3.8, 4) is 11.1 Å². The molecule has 3 nitrogen and oxygen atoms in total. The maximum atomic E-state index is 13.7. The van der Waals surface area contributed by atoms with Crippen LogP contribution < -0.4 is 0 Å². The Morgan fingerprint density at radius 1 is 1.26 bits per heavy atom. The van der Waals surface area contributed by atoms with Crippen LogP contribution in [0.15, 0.2) is 36.4 Å². The summed E-state index contributed by atoms with van der Waals surface area (Å²) in [4.78, 5) is 13.8. The van der Waals surface area contributed by atoms with Crippen LogP contribution in [0, 0.1) is 12.7 Å². The van der Waals surface area contributed by atoms with E-state index in [1.54, 1.807) is 49.2 Å². The number of rotatable bonds is 5. The third kappa shape index (κ3) is 4.09. The number of aliphatic hydroxyl groups is 1. The molecule has 2 aromatic carbocycles. The third-order valence-corrected chi connectivity index (χ3v) is 4.00. The molecule has 2 rings (SSSR count). The van der Waals surface area contributed by atoms with Gasteiger partial charge in [-0.1, -0.05) is 23.7 Å². The Hall–Kier alpha value is -1.91. The molecule has 1 N–H and O–H groups in total. The van der Waals surface area contributed by atoms with Crippen LogP contribution in [-0.2, 0) is 0 Å². The Kier molecular flexibility index (Phi) is 5.74. The lowest BCUT2D eigenvalue weighted by atomic mass is 10.0. The Labute approximate surface area is 140 Å². The summed E-state index contributed by atoms with van der Waals surface area (Å²) < 4.78 is 13.7. The van der Waals surface area contributed by atoms with Gasteiger partial charge in [-0.05, 0) is 48.7 Å². The highest BCUT2D eigenvalue weighted by Gasteiger charge is 2.13. The zero-order valence-electron chi connectivity index (χ0n) is 13.1. The molecule has 0 spiro atoms. The number of hydrogen-bond acceptors (Lipinski definition) is 2. The van der Waals surface area contributed by atoms with Crippen molar-refractivity contribution in [2.75, 3.05) is 20.2 Å². The lowest BCUT2D eigenvalue weighted by molar-refractivity contribution is 0.0786. The predicted octanol–water partition coefficient (Wildman–Crippen LogP) is 3.91. The van der Waals surface area contributed by atoms with E-state index in [1.807, 2.05) is 0 Å². The zero-order chi connectivity index (χ0) is 17.0. The van der Waals surface area contributed by atoms with Crippen LogP contribution in [0.3, 0.4) is 0 Å². The summed E-state index contributed by atoms with van der Waals surface area (Å²) in [5.74, 6) is -0.431. The maximum Gasteiger partial charge on any atom is 0.253 e. The first-order chi connectivity index (χ1) is 10.9. The number of halogens is 2. The van der Waals surface area contributed by atoms with Gasteiger partial charge in [0.15, 0.2) is 0 Å². The summed E-state index contributed by atoms with van der Waals surface area (Å²) >= 11 is 6.18. The first kappa shape index (κ1) is 17.4. The van der Waals surface area contributed by atoms with E-state index >= 15 is 0 Å². The quantitative estimate of drug-likeness (QED) is 0.900. The molecule has 0 unspecified atom stereocenters. The van der Waals surface area contributed by atoms with Gasteiger partial charge < -0.3 is 10.0 Å². The van der Waals surface area contributed by atoms with Crippen LogP contribution in [0.25, 0.3) is 11.1 Å². The minimum Gasteiger partial charge on any atom is -0.396 e. The highest BCUT2D eigenvalue weighted by atomic mass is 35.5. The maximum absolute atomic E-state index is 13.7. The Morgan fingerprint density at radius 2 is 1.91 bits per heavy atom. The number of nitrogens with zero attached hydrogens (tertiary/aromatic N) is 1. The molecule has 0 aliphatic heterocycles. The minimum absolute atomic E-state index is 0.0496. The first-order valence-electron chi connectivity index (χ1n) is 7.36. The number of amides is 1. The highest BCUT2D eigenvalue weighted by Crippen LogP contribution is 2.30. The molecule has 122 valence electrons. The van der Waals surface area contributed by atoms with Crippen LogP contribution in [0.2, 0.25) is 5.02 Å². The van der Waals surface area contributed by atoms with Gasteiger partial charge in [0.25, 0.3) is 5.91 Å². The van der Waals surface area contributed by atoms with Gasteiger partial charge in [0.1, 0.15) is 5.82 Å². The van der Waals surface area contributed by atoms with E-state index in [4.69, 9.17) is 16.7 Å². The highest BCUT2D eigenvalue weighted by molar-refractivity contribution is 6.33. The second-order valence-electron chi connectivity index (χ2n) is 5.46. The average molecular weight is 336 g/mol. The molecule has 1 amide bonds. The van der Waals surface area contributed by atoms with Gasteiger partial charge >= 0.3 is 0 Å². The fraction of sp³-hybridized carbons (Fsp3) is 0.278. The van der Waals surface area contributed by atoms with E-state index in [1.165, 1.54) is 6.07 Å². The van der Waals surface area contributed by atoms with Crippen molar-refractivity contribution in [2.24, 2.45) is 0 Å². The molecule has 0 aliphatic carbocycles. The van der Waals surface area contributed by atoms with Crippen LogP contribution in [0.4, 0.5) is 4.39 Å². The lowest BCUT2D eigenvalue weighted by Gasteiger charge is -2.16. The predicted molar refractivity (Wildman–Crippen MR) is 90.2 cm³/mol. The zero-order valence-corrected chi connectivity index (χ0v) is 13.9. The van der Waals surface area contributed by atoms with Crippen molar-refractivity contribution in [3.63, 3.8) is 0 Å². The van der Waals surface area contributed by atoms with Crippen LogP contribution >= 0.6 is 11.6 Å². The lowest BCUT2D eigenvalue weighted by Crippen LogP contribution is -2.28. The van der Waals surface area contributed by atoms with Crippen molar-refractivity contribution in [1.82, 2.24) is 4.90 Å². The number of aryl methyl sites for hydroxylation is 1. The number of hydrogen-bond donors (Lipinski definition) is 1. The van der Waals surface area contributed by atoms with Crippen LogP contribution in [0.5, 0.6) is 0 Å². The van der Waals surface area contributed by atoms with Crippen LogP contribution in [-0.4, -0.2) is 36.1 Å². The van der Waals surface area contributed by atoms with E-state index in [0.29, 0.717) is 34.7 Å². The Bertz CT molecular complexity index is 701. The summed E-state index contributed by atoms with van der Waals surface area (Å²) in [6.45, 7) is 2.20. The molecule has 5 heteroatoms. The first-order valence-corrected chi connectivity index (χ1v) is 7.74. The molecule has 23 heavy (non-hydrogen) atoms. The molecule has 0 saturated carbocycles. The molecule has 0 aromatic heterocycles. The second kappa shape index (κ2) is 7.57. The van der Waals surface area contributed by atoms with Gasteiger partial charge in [0, 0.05) is 36.3 Å². The molecule has 0 aliphatic rings. The van der Waals surface area contributed by atoms with E-state index in [0.717, 1.165) is 5.56 Å². The smallest absolute Gasteiger partial charge is 0.253 e. The molecule has 0 heterocycles. The monoisotopic (exact) mass is 335 g/mol. The van der Waals surface area contributed by atoms with Crippen LogP contribution in [0.1, 0.15) is 22.3 Å². The molecular weight excluding hydrogens is 317 g/mol. The molecule has 0 atom stereocenters. The average Bonchev–Trinajstić information content (AvgIpc) is 2.55. The van der Waals surface area contributed by atoms with Crippen molar-refractivity contribution in [2.45, 2.75) is 13.3 Å². The van der Waals surface area contributed by atoms with Gasteiger partial charge in [-0.25, -0.2) is 4.39 Å². The third-order valence-electron chi connectivity index (χ3n) is 3.69. The Morgan fingerprint density at radius 3 is 2.52 bits per heavy atom. The van der Waals surface area contributed by atoms with E-state index in [-0.39, 0.29) is 18.3 Å². The SMILES string of the molecule is Cc1cc(Cl)c(-c2ccc(C(=O)N(C)CCCO)cc2)cc1F. The normalized spacial score (nSPS) is 10.7. The van der Waals surface area contributed by atoms with Crippen molar-refractivity contribution >= 4 is 17.5 Å². The van der Waals surface area contributed by atoms with Gasteiger partial charge in [-0.3, -0.25) is 4.79 Å². The number of carbonyl (C=O) groups is 1. The molecular formula is C18H19ClFNO2.